The Morgan fingerprint density at radius 3 is 2.52 bits per heavy atom. The molecule has 1 saturated heterocycles. The largest absolute Gasteiger partial charge is 0.490 e. The third-order valence-corrected chi connectivity index (χ3v) is 7.54. The minimum absolute atomic E-state index is 0.0659. The Morgan fingerprint density at radius 1 is 1.07 bits per heavy atom. The van der Waals surface area contributed by atoms with Crippen molar-refractivity contribution in [1.82, 2.24) is 24.8 Å². The van der Waals surface area contributed by atoms with E-state index in [0.717, 1.165) is 28.4 Å². The molecule has 0 aliphatic carbocycles. The van der Waals surface area contributed by atoms with E-state index in [1.54, 1.807) is 24.9 Å². The van der Waals surface area contributed by atoms with E-state index in [2.05, 4.69) is 15.0 Å². The Morgan fingerprint density at radius 2 is 1.83 bits per heavy atom. The van der Waals surface area contributed by atoms with Crippen molar-refractivity contribution in [3.8, 4) is 17.2 Å². The maximum atomic E-state index is 14.3. The fourth-order valence-electron chi connectivity index (χ4n) is 5.35. The zero-order chi connectivity index (χ0) is 33.0. The van der Waals surface area contributed by atoms with Gasteiger partial charge < -0.3 is 24.0 Å². The lowest BCUT2D eigenvalue weighted by molar-refractivity contribution is 0.0239. The number of halogens is 2. The zero-order valence-corrected chi connectivity index (χ0v) is 26.6. The van der Waals surface area contributed by atoms with Crippen LogP contribution in [0.25, 0.3) is 0 Å². The van der Waals surface area contributed by atoms with E-state index >= 15 is 0 Å². The van der Waals surface area contributed by atoms with Gasteiger partial charge in [-0.25, -0.2) is 23.5 Å². The molecule has 4 heterocycles. The number of hydrogen-bond acceptors (Lipinski definition) is 9. The lowest BCUT2D eigenvalue weighted by atomic mass is 10.1. The number of pyridine rings is 1. The van der Waals surface area contributed by atoms with Crippen LogP contribution >= 0.6 is 0 Å². The SMILES string of the molecule is CC(C)N(/C=C/F)C(=O)c1cc(F)ccc1Oc1cncnc1N1CCC(Oc2ccnc3c2CN(C(=O)OC(C)(C)C)C3)CC1. The minimum atomic E-state index is -0.632. The minimum Gasteiger partial charge on any atom is -0.490 e. The molecule has 0 atom stereocenters. The molecule has 13 heteroatoms. The highest BCUT2D eigenvalue weighted by Crippen LogP contribution is 2.36. The number of anilines is 1. The number of nitrogens with zero attached hydrogens (tertiary/aromatic N) is 6. The molecule has 5 rings (SSSR count). The third kappa shape index (κ3) is 7.52. The highest BCUT2D eigenvalue weighted by molar-refractivity contribution is 5.98. The first-order valence-electron chi connectivity index (χ1n) is 15.2. The summed E-state index contributed by atoms with van der Waals surface area (Å²) in [4.78, 5) is 43.7. The van der Waals surface area contributed by atoms with Crippen molar-refractivity contribution in [2.45, 2.75) is 78.3 Å². The molecule has 244 valence electrons. The molecule has 0 N–H and O–H groups in total. The Labute approximate surface area is 266 Å². The second kappa shape index (κ2) is 13.7. The standard InChI is InChI=1S/C33H38F2N6O5/c1-21(2)41(15-11-34)31(42)24-16-22(35)6-7-27(24)45-29-17-36-20-38-30(29)39-13-9-23(10-14-39)44-28-8-12-37-26-19-40(18-25(26)28)32(43)46-33(3,4)5/h6-8,11-12,15-17,20-21,23H,9-10,13-14,18-19H2,1-5H3/b15-11+. The summed E-state index contributed by atoms with van der Waals surface area (Å²) in [6, 6.07) is 5.05. The highest BCUT2D eigenvalue weighted by atomic mass is 19.1. The maximum Gasteiger partial charge on any atom is 0.410 e. The molecule has 0 bridgehead atoms. The molecular weight excluding hydrogens is 598 g/mol. The summed E-state index contributed by atoms with van der Waals surface area (Å²) < 4.78 is 45.4. The summed E-state index contributed by atoms with van der Waals surface area (Å²) in [7, 11) is 0. The summed E-state index contributed by atoms with van der Waals surface area (Å²) in [5.41, 5.74) is 1.01. The van der Waals surface area contributed by atoms with Gasteiger partial charge in [0.25, 0.3) is 5.91 Å². The molecule has 0 radical (unpaired) electrons. The van der Waals surface area contributed by atoms with Gasteiger partial charge in [-0.1, -0.05) is 0 Å². The van der Waals surface area contributed by atoms with Gasteiger partial charge in [-0.15, -0.1) is 0 Å². The molecule has 1 aromatic carbocycles. The summed E-state index contributed by atoms with van der Waals surface area (Å²) in [6.45, 7) is 10.8. The van der Waals surface area contributed by atoms with Gasteiger partial charge in [0.2, 0.25) is 0 Å². The van der Waals surface area contributed by atoms with Crippen LogP contribution in [0.3, 0.4) is 0 Å². The van der Waals surface area contributed by atoms with Crippen molar-refractivity contribution < 1.29 is 32.6 Å². The second-order valence-electron chi connectivity index (χ2n) is 12.4. The maximum absolute atomic E-state index is 14.3. The van der Waals surface area contributed by atoms with Gasteiger partial charge in [0, 0.05) is 49.9 Å². The molecule has 2 amide bonds. The van der Waals surface area contributed by atoms with Crippen molar-refractivity contribution in [2.75, 3.05) is 18.0 Å². The van der Waals surface area contributed by atoms with Gasteiger partial charge >= 0.3 is 6.09 Å². The van der Waals surface area contributed by atoms with E-state index in [0.29, 0.717) is 50.6 Å². The lowest BCUT2D eigenvalue weighted by Crippen LogP contribution is -2.39. The predicted molar refractivity (Wildman–Crippen MR) is 166 cm³/mol. The first-order chi connectivity index (χ1) is 21.9. The molecule has 11 nitrogen and oxygen atoms in total. The molecule has 0 saturated carbocycles. The first kappa shape index (κ1) is 32.6. The number of hydrogen-bond donors (Lipinski definition) is 0. The van der Waals surface area contributed by atoms with E-state index in [9.17, 15) is 18.4 Å². The number of piperidine rings is 1. The first-order valence-corrected chi connectivity index (χ1v) is 15.2. The molecule has 46 heavy (non-hydrogen) atoms. The second-order valence-corrected chi connectivity index (χ2v) is 12.4. The average molecular weight is 637 g/mol. The molecule has 1 fully saturated rings. The molecule has 0 spiro atoms. The highest BCUT2D eigenvalue weighted by Gasteiger charge is 2.32. The number of rotatable bonds is 8. The van der Waals surface area contributed by atoms with Crippen LogP contribution in [0, 0.1) is 5.82 Å². The van der Waals surface area contributed by atoms with Gasteiger partial charge in [0.05, 0.1) is 30.5 Å². The van der Waals surface area contributed by atoms with Gasteiger partial charge in [-0.3, -0.25) is 14.7 Å². The number of benzene rings is 1. The van der Waals surface area contributed by atoms with Crippen molar-refractivity contribution in [3.63, 3.8) is 0 Å². The summed E-state index contributed by atoms with van der Waals surface area (Å²) >= 11 is 0. The van der Waals surface area contributed by atoms with Gasteiger partial charge in [-0.2, -0.15) is 0 Å². The van der Waals surface area contributed by atoms with Crippen LogP contribution < -0.4 is 14.4 Å². The zero-order valence-electron chi connectivity index (χ0n) is 26.6. The van der Waals surface area contributed by atoms with Crippen molar-refractivity contribution in [2.24, 2.45) is 0 Å². The monoisotopic (exact) mass is 636 g/mol. The van der Waals surface area contributed by atoms with E-state index < -0.39 is 23.4 Å². The van der Waals surface area contributed by atoms with Crippen LogP contribution in [0.2, 0.25) is 0 Å². The van der Waals surface area contributed by atoms with Crippen LogP contribution in [-0.4, -0.2) is 67.6 Å². The Kier molecular flexibility index (Phi) is 9.68. The van der Waals surface area contributed by atoms with E-state index in [1.807, 2.05) is 31.7 Å². The number of amides is 2. The number of aromatic nitrogens is 3. The van der Waals surface area contributed by atoms with Crippen molar-refractivity contribution in [3.05, 3.63) is 78.2 Å². The van der Waals surface area contributed by atoms with E-state index in [-0.39, 0.29) is 35.5 Å². The summed E-state index contributed by atoms with van der Waals surface area (Å²) in [6.07, 6.45) is 6.72. The molecule has 2 aliphatic rings. The Hall–Kier alpha value is -4.81. The molecule has 3 aromatic rings. The topological polar surface area (TPSA) is 110 Å². The molecule has 2 aromatic heterocycles. The molecule has 0 unspecified atom stereocenters. The summed E-state index contributed by atoms with van der Waals surface area (Å²) in [5, 5.41) is 0. The lowest BCUT2D eigenvalue weighted by Gasteiger charge is -2.33. The number of ether oxygens (including phenoxy) is 3. The van der Waals surface area contributed by atoms with Crippen LogP contribution in [0.15, 0.2) is 55.5 Å². The van der Waals surface area contributed by atoms with Gasteiger partial charge in [-0.05, 0) is 58.9 Å². The fourth-order valence-corrected chi connectivity index (χ4v) is 5.35. The fraction of sp³-hybridized carbons (Fsp3) is 0.424. The summed E-state index contributed by atoms with van der Waals surface area (Å²) in [5.74, 6) is 0.337. The number of fused-ring (bicyclic) bond motifs is 1. The normalized spacial score (nSPS) is 15.3. The van der Waals surface area contributed by atoms with Crippen LogP contribution in [0.5, 0.6) is 17.2 Å². The van der Waals surface area contributed by atoms with Crippen molar-refractivity contribution in [1.29, 1.82) is 0 Å². The number of carbonyl (C=O) groups is 2. The molecular formula is C33H38F2N6O5. The Balaban J connectivity index is 1.26. The number of carbonyl (C=O) groups excluding carboxylic acids is 2. The quantitative estimate of drug-likeness (QED) is 0.278. The third-order valence-electron chi connectivity index (χ3n) is 7.54. The van der Waals surface area contributed by atoms with Gasteiger partial charge in [0.1, 0.15) is 41.7 Å². The smallest absolute Gasteiger partial charge is 0.410 e. The van der Waals surface area contributed by atoms with Crippen molar-refractivity contribution >= 4 is 17.8 Å². The molecule has 2 aliphatic heterocycles. The van der Waals surface area contributed by atoms with E-state index in [4.69, 9.17) is 14.2 Å². The average Bonchev–Trinajstić information content (AvgIpc) is 3.46. The van der Waals surface area contributed by atoms with Crippen LogP contribution in [0.1, 0.15) is 69.1 Å². The Bertz CT molecular complexity index is 1600. The van der Waals surface area contributed by atoms with Crippen LogP contribution in [-0.2, 0) is 17.8 Å². The van der Waals surface area contributed by atoms with Crippen LogP contribution in [0.4, 0.5) is 19.4 Å². The van der Waals surface area contributed by atoms with Gasteiger partial charge in [0.15, 0.2) is 11.6 Å². The van der Waals surface area contributed by atoms with E-state index in [1.165, 1.54) is 24.7 Å². The predicted octanol–water partition coefficient (Wildman–Crippen LogP) is 6.39.